The number of nitrogens with one attached hydrogen (secondary N) is 2. The fourth-order valence-electron chi connectivity index (χ4n) is 4.15. The number of carbonyl (C=O) groups is 3. The molecule has 2 N–H and O–H groups in total. The van der Waals surface area contributed by atoms with Gasteiger partial charge in [-0.1, -0.05) is 38.3 Å². The molecule has 7 nitrogen and oxygen atoms in total. The molecule has 7 heteroatoms. The van der Waals surface area contributed by atoms with Gasteiger partial charge in [-0.3, -0.25) is 9.59 Å². The molecule has 1 aromatic carbocycles. The van der Waals surface area contributed by atoms with Crippen LogP contribution in [0.2, 0.25) is 0 Å². The Morgan fingerprint density at radius 2 is 1.89 bits per heavy atom. The molecular weight excluding hydrogens is 358 g/mol. The van der Waals surface area contributed by atoms with Crippen LogP contribution in [0, 0.1) is 0 Å². The van der Waals surface area contributed by atoms with Gasteiger partial charge in [-0.15, -0.1) is 0 Å². The lowest BCUT2D eigenvalue weighted by molar-refractivity contribution is -0.138. The van der Waals surface area contributed by atoms with Gasteiger partial charge in [0.1, 0.15) is 17.3 Å². The van der Waals surface area contributed by atoms with Crippen molar-refractivity contribution in [1.82, 2.24) is 15.5 Å². The highest BCUT2D eigenvalue weighted by Gasteiger charge is 2.53. The first kappa shape index (κ1) is 20.2. The van der Waals surface area contributed by atoms with Crippen molar-refractivity contribution in [2.24, 2.45) is 0 Å². The maximum atomic E-state index is 13.3. The normalized spacial score (nSPS) is 24.0. The van der Waals surface area contributed by atoms with Crippen molar-refractivity contribution in [2.45, 2.75) is 70.0 Å². The Balaban J connectivity index is 1.79. The summed E-state index contributed by atoms with van der Waals surface area (Å²) in [6, 6.07) is 5.80. The highest BCUT2D eigenvalue weighted by atomic mass is 16.5. The van der Waals surface area contributed by atoms with E-state index in [4.69, 9.17) is 4.74 Å². The van der Waals surface area contributed by atoms with Crippen molar-refractivity contribution in [3.05, 3.63) is 29.8 Å². The molecule has 3 rings (SSSR count). The molecule has 0 aromatic heterocycles. The summed E-state index contributed by atoms with van der Waals surface area (Å²) in [5.74, 6) is -0.00245. The largest absolute Gasteiger partial charge is 0.497 e. The van der Waals surface area contributed by atoms with Crippen molar-refractivity contribution in [1.29, 1.82) is 0 Å². The smallest absolute Gasteiger partial charge is 0.326 e. The fraction of sp³-hybridized carbons (Fsp3) is 0.571. The molecule has 0 bridgehead atoms. The zero-order valence-electron chi connectivity index (χ0n) is 16.8. The minimum Gasteiger partial charge on any atom is -0.497 e. The molecule has 1 heterocycles. The van der Waals surface area contributed by atoms with Gasteiger partial charge in [0, 0.05) is 6.04 Å². The van der Waals surface area contributed by atoms with Crippen LogP contribution in [-0.4, -0.2) is 41.9 Å². The first-order valence-electron chi connectivity index (χ1n) is 10.0. The van der Waals surface area contributed by atoms with E-state index < -0.39 is 23.5 Å². The van der Waals surface area contributed by atoms with E-state index >= 15 is 0 Å². The number of nitrogens with zero attached hydrogens (tertiary/aromatic N) is 1. The maximum absolute atomic E-state index is 13.3. The third kappa shape index (κ3) is 3.57. The molecule has 152 valence electrons. The Morgan fingerprint density at radius 1 is 1.25 bits per heavy atom. The molecule has 1 aliphatic carbocycles. The van der Waals surface area contributed by atoms with Crippen molar-refractivity contribution >= 4 is 17.8 Å². The summed E-state index contributed by atoms with van der Waals surface area (Å²) in [6.07, 6.45) is 5.66. The zero-order valence-corrected chi connectivity index (χ0v) is 16.8. The van der Waals surface area contributed by atoms with Crippen LogP contribution in [0.5, 0.6) is 5.75 Å². The molecule has 0 spiro atoms. The maximum Gasteiger partial charge on any atom is 0.326 e. The minimum atomic E-state index is -1.16. The highest BCUT2D eigenvalue weighted by molar-refractivity contribution is 6.10. The molecule has 2 aliphatic rings. The molecule has 28 heavy (non-hydrogen) atoms. The molecule has 1 saturated heterocycles. The van der Waals surface area contributed by atoms with Gasteiger partial charge in [-0.25, -0.2) is 9.69 Å². The lowest BCUT2D eigenvalue weighted by Gasteiger charge is -2.29. The second-order valence-electron chi connectivity index (χ2n) is 7.61. The summed E-state index contributed by atoms with van der Waals surface area (Å²) < 4.78 is 5.17. The molecule has 0 radical (unpaired) electrons. The van der Waals surface area contributed by atoms with E-state index in [0.29, 0.717) is 17.7 Å². The van der Waals surface area contributed by atoms with Crippen LogP contribution in [0.1, 0.15) is 57.9 Å². The van der Waals surface area contributed by atoms with Gasteiger partial charge in [0.05, 0.1) is 7.11 Å². The Bertz CT molecular complexity index is 743. The lowest BCUT2D eigenvalue weighted by atomic mass is 9.87. The van der Waals surface area contributed by atoms with Gasteiger partial charge < -0.3 is 15.4 Å². The van der Waals surface area contributed by atoms with Crippen LogP contribution in [0.15, 0.2) is 24.3 Å². The summed E-state index contributed by atoms with van der Waals surface area (Å²) in [7, 11) is 1.57. The Morgan fingerprint density at radius 3 is 2.46 bits per heavy atom. The first-order valence-corrected chi connectivity index (χ1v) is 10.0. The average molecular weight is 387 g/mol. The van der Waals surface area contributed by atoms with Crippen LogP contribution in [0.4, 0.5) is 4.79 Å². The number of hydrogen-bond donors (Lipinski definition) is 2. The fourth-order valence-corrected chi connectivity index (χ4v) is 4.15. The second kappa shape index (κ2) is 8.20. The quantitative estimate of drug-likeness (QED) is 0.735. The topological polar surface area (TPSA) is 87.7 Å². The van der Waals surface area contributed by atoms with Gasteiger partial charge in [-0.05, 0) is 43.9 Å². The molecule has 1 saturated carbocycles. The first-order chi connectivity index (χ1) is 13.4. The summed E-state index contributed by atoms with van der Waals surface area (Å²) in [5.41, 5.74) is -0.487. The molecular formula is C21H29N3O4. The summed E-state index contributed by atoms with van der Waals surface area (Å²) in [5, 5.41) is 5.83. The molecule has 4 amide bonds. The van der Waals surface area contributed by atoms with Crippen LogP contribution in [0.3, 0.4) is 0 Å². The monoisotopic (exact) mass is 387 g/mol. The summed E-state index contributed by atoms with van der Waals surface area (Å²) in [6.45, 7) is 3.45. The summed E-state index contributed by atoms with van der Waals surface area (Å²) in [4.78, 5) is 39.7. The number of ether oxygens (including phenoxy) is 1. The second-order valence-corrected chi connectivity index (χ2v) is 7.61. The van der Waals surface area contributed by atoms with E-state index in [-0.39, 0.29) is 11.9 Å². The van der Waals surface area contributed by atoms with Gasteiger partial charge in [0.25, 0.3) is 5.91 Å². The van der Waals surface area contributed by atoms with Crippen LogP contribution < -0.4 is 15.4 Å². The number of amides is 4. The molecule has 1 aromatic rings. The standard InChI is InChI=1S/C21H29N3O4/c1-4-21(15-10-12-17(28-3)13-11-15)19(26)24(20(27)23-21)14(2)18(25)22-16-8-6-5-7-9-16/h10-14,16H,4-9H2,1-3H3,(H,22,25)(H,23,27)/t14-,21-/m0/s1. The lowest BCUT2D eigenvalue weighted by Crippen LogP contribution is -2.51. The van der Waals surface area contributed by atoms with E-state index in [9.17, 15) is 14.4 Å². The van der Waals surface area contributed by atoms with Gasteiger partial charge in [0.2, 0.25) is 5.91 Å². The Kier molecular flexibility index (Phi) is 5.91. The molecule has 2 fully saturated rings. The predicted octanol–water partition coefficient (Wildman–Crippen LogP) is 2.69. The average Bonchev–Trinajstić information content (AvgIpc) is 2.98. The van der Waals surface area contributed by atoms with Crippen LogP contribution in [-0.2, 0) is 15.1 Å². The van der Waals surface area contributed by atoms with E-state index in [0.717, 1.165) is 30.6 Å². The van der Waals surface area contributed by atoms with Crippen molar-refractivity contribution in [2.75, 3.05) is 7.11 Å². The third-order valence-electron chi connectivity index (χ3n) is 5.95. The third-order valence-corrected chi connectivity index (χ3v) is 5.95. The van der Waals surface area contributed by atoms with Crippen molar-refractivity contribution < 1.29 is 19.1 Å². The van der Waals surface area contributed by atoms with E-state index in [1.54, 1.807) is 38.3 Å². The van der Waals surface area contributed by atoms with Crippen LogP contribution in [0.25, 0.3) is 0 Å². The van der Waals surface area contributed by atoms with Gasteiger partial charge in [-0.2, -0.15) is 0 Å². The van der Waals surface area contributed by atoms with Crippen LogP contribution >= 0.6 is 0 Å². The number of benzene rings is 1. The van der Waals surface area contributed by atoms with Gasteiger partial charge in [0.15, 0.2) is 0 Å². The number of carbonyl (C=O) groups excluding carboxylic acids is 3. The molecule has 2 atom stereocenters. The Hall–Kier alpha value is -2.57. The highest BCUT2D eigenvalue weighted by Crippen LogP contribution is 2.34. The van der Waals surface area contributed by atoms with E-state index in [1.807, 2.05) is 6.92 Å². The SMILES string of the molecule is CC[C@@]1(c2ccc(OC)cc2)NC(=O)N([C@@H](C)C(=O)NC2CCCCC2)C1=O. The molecule has 1 aliphatic heterocycles. The number of imide groups is 1. The van der Waals surface area contributed by atoms with Crippen molar-refractivity contribution in [3.8, 4) is 5.75 Å². The van der Waals surface area contributed by atoms with E-state index in [2.05, 4.69) is 10.6 Å². The van der Waals surface area contributed by atoms with E-state index in [1.165, 1.54) is 6.42 Å². The summed E-state index contributed by atoms with van der Waals surface area (Å²) >= 11 is 0. The number of urea groups is 1. The minimum absolute atomic E-state index is 0.127. The number of methoxy groups -OCH3 is 1. The molecule has 0 unspecified atom stereocenters. The number of hydrogen-bond acceptors (Lipinski definition) is 4. The predicted molar refractivity (Wildman–Crippen MR) is 105 cm³/mol. The number of rotatable bonds is 6. The Labute approximate surface area is 165 Å². The van der Waals surface area contributed by atoms with Gasteiger partial charge >= 0.3 is 6.03 Å². The zero-order chi connectivity index (χ0) is 20.3. The van der Waals surface area contributed by atoms with Crippen molar-refractivity contribution in [3.63, 3.8) is 0 Å².